The highest BCUT2D eigenvalue weighted by atomic mass is 28.3. The second-order valence-electron chi connectivity index (χ2n) is 8.24. The fourth-order valence-corrected chi connectivity index (χ4v) is 2.95. The molecule has 6 heteroatoms. The summed E-state index contributed by atoms with van der Waals surface area (Å²) in [6.45, 7) is 13.8. The molecule has 1 aliphatic rings. The van der Waals surface area contributed by atoms with E-state index < -0.39 is 13.7 Å². The topological polar surface area (TPSA) is 55.8 Å². The summed E-state index contributed by atoms with van der Waals surface area (Å²) in [7, 11) is -1.19. The molecular weight excluding hydrogens is 298 g/mol. The van der Waals surface area contributed by atoms with Gasteiger partial charge in [-0.2, -0.15) is 0 Å². The van der Waals surface area contributed by atoms with Crippen LogP contribution in [0, 0.1) is 5.92 Å². The zero-order chi connectivity index (χ0) is 17.0. The van der Waals surface area contributed by atoms with Crippen molar-refractivity contribution in [2.24, 2.45) is 5.92 Å². The van der Waals surface area contributed by atoms with Crippen molar-refractivity contribution < 1.29 is 19.1 Å². The third-order valence-electron chi connectivity index (χ3n) is 3.50. The lowest BCUT2D eigenvalue weighted by Gasteiger charge is -2.33. The largest absolute Gasteiger partial charge is 0.466 e. The van der Waals surface area contributed by atoms with Gasteiger partial charge in [0.2, 0.25) is 0 Å². The van der Waals surface area contributed by atoms with E-state index in [-0.39, 0.29) is 18.0 Å². The minimum atomic E-state index is -1.19. The average molecular weight is 330 g/mol. The summed E-state index contributed by atoms with van der Waals surface area (Å²) < 4.78 is 10.8. The highest BCUT2D eigenvalue weighted by Gasteiger charge is 2.32. The second-order valence-corrected chi connectivity index (χ2v) is 13.9. The Labute approximate surface area is 135 Å². The third kappa shape index (κ3) is 7.29. The molecule has 0 saturated carbocycles. The number of nitrogens with zero attached hydrogens (tertiary/aromatic N) is 1. The van der Waals surface area contributed by atoms with Crippen molar-refractivity contribution >= 4 is 20.1 Å². The molecule has 0 N–H and O–H groups in total. The van der Waals surface area contributed by atoms with Crippen LogP contribution in [0.3, 0.4) is 0 Å². The van der Waals surface area contributed by atoms with Crippen molar-refractivity contribution in [1.82, 2.24) is 4.90 Å². The van der Waals surface area contributed by atoms with Crippen LogP contribution < -0.4 is 0 Å². The molecule has 128 valence electrons. The van der Waals surface area contributed by atoms with Crippen LogP contribution in [-0.2, 0) is 14.3 Å². The Bertz CT molecular complexity index is 398. The van der Waals surface area contributed by atoms with Crippen molar-refractivity contribution in [2.75, 3.05) is 19.7 Å². The third-order valence-corrected chi connectivity index (χ3v) is 5.21. The number of ether oxygens (including phenoxy) is 2. The van der Waals surface area contributed by atoms with E-state index >= 15 is 0 Å². The monoisotopic (exact) mass is 329 g/mol. The quantitative estimate of drug-likeness (QED) is 0.585. The Hall–Kier alpha value is -1.04. The molecule has 1 atom stereocenters. The molecule has 5 nitrogen and oxygen atoms in total. The van der Waals surface area contributed by atoms with Gasteiger partial charge in [0.25, 0.3) is 0 Å². The van der Waals surface area contributed by atoms with E-state index in [0.717, 1.165) is 18.9 Å². The van der Waals surface area contributed by atoms with Gasteiger partial charge in [-0.1, -0.05) is 19.6 Å². The van der Waals surface area contributed by atoms with Crippen molar-refractivity contribution in [1.29, 1.82) is 0 Å². The summed E-state index contributed by atoms with van der Waals surface area (Å²) in [6.07, 6.45) is 1.25. The fraction of sp³-hybridized carbons (Fsp3) is 0.875. The Balaban J connectivity index is 2.45. The van der Waals surface area contributed by atoms with Crippen LogP contribution in [0.25, 0.3) is 0 Å². The molecule has 1 rings (SSSR count). The molecule has 0 bridgehead atoms. The standard InChI is InChI=1S/C16H31NO4Si/c1-16(2,3)21-15(19)17-9-7-8-13(12-17)14(18)20-10-11-22(4,5)6/h13H,7-12H2,1-6H3. The molecule has 1 heterocycles. The molecule has 1 fully saturated rings. The number of hydrogen-bond donors (Lipinski definition) is 0. The van der Waals surface area contributed by atoms with E-state index in [9.17, 15) is 9.59 Å². The van der Waals surface area contributed by atoms with Gasteiger partial charge >= 0.3 is 12.1 Å². The fourth-order valence-electron chi connectivity index (χ4n) is 2.24. The molecule has 1 aliphatic heterocycles. The van der Waals surface area contributed by atoms with Crippen LogP contribution in [0.15, 0.2) is 0 Å². The first-order valence-corrected chi connectivity index (χ1v) is 11.8. The van der Waals surface area contributed by atoms with E-state index in [1.165, 1.54) is 0 Å². The number of hydrogen-bond acceptors (Lipinski definition) is 4. The summed E-state index contributed by atoms with van der Waals surface area (Å²) in [6, 6.07) is 0.973. The molecule has 0 aromatic heterocycles. The maximum absolute atomic E-state index is 12.2. The normalized spacial score (nSPS) is 19.7. The van der Waals surface area contributed by atoms with E-state index in [2.05, 4.69) is 19.6 Å². The first-order chi connectivity index (χ1) is 9.98. The zero-order valence-corrected chi connectivity index (χ0v) is 15.9. The summed E-state index contributed by atoms with van der Waals surface area (Å²) in [5, 5.41) is 0. The highest BCUT2D eigenvalue weighted by molar-refractivity contribution is 6.76. The number of piperidine rings is 1. The SMILES string of the molecule is CC(C)(C)OC(=O)N1CCCC(C(=O)OCC[Si](C)(C)C)C1. The van der Waals surface area contributed by atoms with Crippen LogP contribution in [0.5, 0.6) is 0 Å². The van der Waals surface area contributed by atoms with Crippen LogP contribution in [0.2, 0.25) is 25.7 Å². The summed E-state index contributed by atoms with van der Waals surface area (Å²) >= 11 is 0. The van der Waals surface area contributed by atoms with Gasteiger partial charge in [-0.25, -0.2) is 4.79 Å². The molecule has 22 heavy (non-hydrogen) atoms. The van der Waals surface area contributed by atoms with Gasteiger partial charge in [-0.15, -0.1) is 0 Å². The van der Waals surface area contributed by atoms with Crippen LogP contribution >= 0.6 is 0 Å². The zero-order valence-electron chi connectivity index (χ0n) is 14.9. The average Bonchev–Trinajstić information content (AvgIpc) is 2.35. The Morgan fingerprint density at radius 2 is 1.86 bits per heavy atom. The van der Waals surface area contributed by atoms with Gasteiger partial charge in [0.1, 0.15) is 5.60 Å². The maximum Gasteiger partial charge on any atom is 0.410 e. The van der Waals surface area contributed by atoms with Crippen LogP contribution in [0.4, 0.5) is 4.79 Å². The van der Waals surface area contributed by atoms with Gasteiger partial charge in [-0.05, 0) is 39.7 Å². The number of carbonyl (C=O) groups is 2. The van der Waals surface area contributed by atoms with Gasteiger partial charge < -0.3 is 14.4 Å². The summed E-state index contributed by atoms with van der Waals surface area (Å²) in [4.78, 5) is 25.9. The first-order valence-electron chi connectivity index (χ1n) is 8.12. The lowest BCUT2D eigenvalue weighted by atomic mass is 9.98. The van der Waals surface area contributed by atoms with E-state index in [1.807, 2.05) is 20.8 Å². The lowest BCUT2D eigenvalue weighted by molar-refractivity contribution is -0.149. The summed E-state index contributed by atoms with van der Waals surface area (Å²) in [5.41, 5.74) is -0.512. The molecule has 1 saturated heterocycles. The molecule has 0 spiro atoms. The van der Waals surface area contributed by atoms with Crippen molar-refractivity contribution in [3.05, 3.63) is 0 Å². The predicted octanol–water partition coefficient (Wildman–Crippen LogP) is 3.51. The highest BCUT2D eigenvalue weighted by Crippen LogP contribution is 2.21. The molecular formula is C16H31NO4Si. The van der Waals surface area contributed by atoms with Crippen LogP contribution in [0.1, 0.15) is 33.6 Å². The van der Waals surface area contributed by atoms with E-state index in [4.69, 9.17) is 9.47 Å². The van der Waals surface area contributed by atoms with Gasteiger partial charge in [0.15, 0.2) is 0 Å². The maximum atomic E-state index is 12.2. The Kier molecular flexibility index (Phi) is 6.46. The molecule has 1 amide bonds. The Morgan fingerprint density at radius 3 is 2.41 bits per heavy atom. The molecule has 0 aromatic rings. The van der Waals surface area contributed by atoms with Gasteiger partial charge in [0.05, 0.1) is 12.5 Å². The van der Waals surface area contributed by atoms with Crippen molar-refractivity contribution in [3.8, 4) is 0 Å². The first kappa shape index (κ1) is 19.0. The van der Waals surface area contributed by atoms with Gasteiger partial charge in [0, 0.05) is 21.2 Å². The minimum absolute atomic E-state index is 0.175. The molecule has 0 radical (unpaired) electrons. The molecule has 0 aromatic carbocycles. The number of esters is 1. The predicted molar refractivity (Wildman–Crippen MR) is 89.6 cm³/mol. The second kappa shape index (κ2) is 7.48. The number of likely N-dealkylation sites (tertiary alicyclic amines) is 1. The van der Waals surface area contributed by atoms with Crippen molar-refractivity contribution in [3.63, 3.8) is 0 Å². The van der Waals surface area contributed by atoms with E-state index in [1.54, 1.807) is 4.90 Å². The lowest BCUT2D eigenvalue weighted by Crippen LogP contribution is -2.45. The number of carbonyl (C=O) groups excluding carboxylic acids is 2. The molecule has 0 aliphatic carbocycles. The summed E-state index contributed by atoms with van der Waals surface area (Å²) in [5.74, 6) is -0.394. The number of rotatable bonds is 4. The van der Waals surface area contributed by atoms with Crippen molar-refractivity contribution in [2.45, 2.75) is 64.9 Å². The van der Waals surface area contributed by atoms with Gasteiger partial charge in [-0.3, -0.25) is 4.79 Å². The molecule has 1 unspecified atom stereocenters. The number of amides is 1. The van der Waals surface area contributed by atoms with E-state index in [0.29, 0.717) is 19.7 Å². The Morgan fingerprint density at radius 1 is 1.23 bits per heavy atom. The minimum Gasteiger partial charge on any atom is -0.466 e. The smallest absolute Gasteiger partial charge is 0.410 e. The van der Waals surface area contributed by atoms with Crippen LogP contribution in [-0.4, -0.2) is 50.3 Å².